The minimum Gasteiger partial charge on any atom is -0.229 e. The molecule has 1 rings (SSSR count). The Morgan fingerprint density at radius 1 is 1.25 bits per heavy atom. The largest absolute Gasteiger partial charge is 0.229 e. The van der Waals surface area contributed by atoms with E-state index in [0.717, 1.165) is 5.56 Å². The van der Waals surface area contributed by atoms with Gasteiger partial charge in [-0.15, -0.1) is 23.2 Å². The van der Waals surface area contributed by atoms with Gasteiger partial charge in [-0.3, -0.25) is 0 Å². The maximum Gasteiger partial charge on any atom is 0.150 e. The first-order valence-electron chi connectivity index (χ1n) is 6.47. The highest BCUT2D eigenvalue weighted by atomic mass is 35.5. The zero-order valence-electron chi connectivity index (χ0n) is 11.4. The molecule has 0 radical (unpaired) electrons. The number of halogens is 3. The summed E-state index contributed by atoms with van der Waals surface area (Å²) in [7, 11) is -3.01. The van der Waals surface area contributed by atoms with E-state index in [0.29, 0.717) is 12.8 Å². The fourth-order valence-electron chi connectivity index (χ4n) is 2.06. The van der Waals surface area contributed by atoms with Gasteiger partial charge in [-0.1, -0.05) is 19.1 Å². The fraction of sp³-hybridized carbons (Fsp3) is 0.571. The van der Waals surface area contributed by atoms with Crippen molar-refractivity contribution in [1.82, 2.24) is 0 Å². The van der Waals surface area contributed by atoms with Crippen molar-refractivity contribution >= 4 is 33.0 Å². The van der Waals surface area contributed by atoms with Crippen LogP contribution in [0.2, 0.25) is 0 Å². The van der Waals surface area contributed by atoms with Crippen molar-refractivity contribution in [3.63, 3.8) is 0 Å². The number of sulfone groups is 1. The van der Waals surface area contributed by atoms with E-state index in [2.05, 4.69) is 0 Å². The van der Waals surface area contributed by atoms with Crippen molar-refractivity contribution in [1.29, 1.82) is 0 Å². The predicted molar refractivity (Wildman–Crippen MR) is 83.1 cm³/mol. The zero-order valence-corrected chi connectivity index (χ0v) is 13.7. The number of alkyl halides is 2. The third-order valence-electron chi connectivity index (χ3n) is 3.50. The van der Waals surface area contributed by atoms with Gasteiger partial charge in [-0.25, -0.2) is 12.8 Å². The van der Waals surface area contributed by atoms with Crippen molar-refractivity contribution in [2.24, 2.45) is 0 Å². The molecule has 20 heavy (non-hydrogen) atoms. The second-order valence-corrected chi connectivity index (χ2v) is 7.91. The molecule has 0 saturated heterocycles. The van der Waals surface area contributed by atoms with E-state index >= 15 is 0 Å². The van der Waals surface area contributed by atoms with Crippen LogP contribution in [0.1, 0.15) is 25.3 Å². The molecule has 0 amide bonds. The number of hydrogen-bond acceptors (Lipinski definition) is 2. The fourth-order valence-corrected chi connectivity index (χ4v) is 3.80. The molecule has 0 N–H and O–H groups in total. The van der Waals surface area contributed by atoms with Crippen LogP contribution >= 0.6 is 23.2 Å². The van der Waals surface area contributed by atoms with Crippen LogP contribution in [0.3, 0.4) is 0 Å². The summed E-state index contributed by atoms with van der Waals surface area (Å²) in [5, 5.41) is 0. The summed E-state index contributed by atoms with van der Waals surface area (Å²) >= 11 is 12.1. The molecule has 0 bridgehead atoms. The number of benzene rings is 1. The molecule has 0 aliphatic heterocycles. The molecule has 0 aromatic heterocycles. The predicted octanol–water partition coefficient (Wildman–Crippen LogP) is 3.76. The molecule has 0 spiro atoms. The molecule has 114 valence electrons. The Balaban J connectivity index is 2.88. The lowest BCUT2D eigenvalue weighted by atomic mass is 9.80. The average molecular weight is 341 g/mol. The van der Waals surface area contributed by atoms with E-state index < -0.39 is 15.3 Å². The first-order chi connectivity index (χ1) is 9.39. The van der Waals surface area contributed by atoms with Gasteiger partial charge in [0.1, 0.15) is 15.7 Å². The van der Waals surface area contributed by atoms with Crippen molar-refractivity contribution in [3.05, 3.63) is 35.6 Å². The monoisotopic (exact) mass is 340 g/mol. The van der Waals surface area contributed by atoms with Gasteiger partial charge in [-0.05, 0) is 30.5 Å². The van der Waals surface area contributed by atoms with Crippen molar-refractivity contribution < 1.29 is 12.8 Å². The van der Waals surface area contributed by atoms with Crippen molar-refractivity contribution in [2.45, 2.75) is 25.2 Å². The lowest BCUT2D eigenvalue weighted by Crippen LogP contribution is -2.31. The summed E-state index contributed by atoms with van der Waals surface area (Å²) in [5.41, 5.74) is 0.130. The summed E-state index contributed by atoms with van der Waals surface area (Å²) in [6.45, 7) is 1.62. The van der Waals surface area contributed by atoms with E-state index in [9.17, 15) is 12.8 Å². The molecule has 0 aliphatic rings. The minimum atomic E-state index is -3.01. The van der Waals surface area contributed by atoms with Crippen LogP contribution in [0, 0.1) is 5.82 Å². The summed E-state index contributed by atoms with van der Waals surface area (Å²) in [6.07, 6.45) is 0.981. The summed E-state index contributed by atoms with van der Waals surface area (Å²) in [4.78, 5) is 0. The Hall–Kier alpha value is -0.320. The van der Waals surface area contributed by atoms with E-state index in [1.54, 1.807) is 19.1 Å². The van der Waals surface area contributed by atoms with Gasteiger partial charge in [0.25, 0.3) is 0 Å². The molecule has 0 aliphatic carbocycles. The van der Waals surface area contributed by atoms with Crippen LogP contribution in [0.4, 0.5) is 4.39 Å². The van der Waals surface area contributed by atoms with Crippen LogP contribution in [-0.2, 0) is 15.3 Å². The summed E-state index contributed by atoms with van der Waals surface area (Å²) in [6, 6.07) is 6.17. The maximum absolute atomic E-state index is 13.4. The number of rotatable bonds is 8. The van der Waals surface area contributed by atoms with Gasteiger partial charge >= 0.3 is 0 Å². The smallest absolute Gasteiger partial charge is 0.150 e. The van der Waals surface area contributed by atoms with E-state index in [4.69, 9.17) is 23.2 Å². The quantitative estimate of drug-likeness (QED) is 0.675. The lowest BCUT2D eigenvalue weighted by molar-refractivity contribution is 0.479. The molecular weight excluding hydrogens is 322 g/mol. The maximum atomic E-state index is 13.4. The standard InChI is InChI=1S/C14H19Cl2FO2S/c1-2-20(18,19)8-4-7-14(10-15,11-16)12-5-3-6-13(17)9-12/h3,5-6,9H,2,4,7-8,10-11H2,1H3. The van der Waals surface area contributed by atoms with Crippen LogP contribution in [0.15, 0.2) is 24.3 Å². The van der Waals surface area contributed by atoms with Crippen LogP contribution in [0.5, 0.6) is 0 Å². The first-order valence-corrected chi connectivity index (χ1v) is 9.36. The molecule has 0 saturated carbocycles. The molecule has 6 heteroatoms. The summed E-state index contributed by atoms with van der Waals surface area (Å²) in [5.74, 6) is 0.345. The van der Waals surface area contributed by atoms with Crippen LogP contribution < -0.4 is 0 Å². The zero-order chi connectivity index (χ0) is 15.2. The molecule has 0 heterocycles. The van der Waals surface area contributed by atoms with E-state index in [1.165, 1.54) is 12.1 Å². The van der Waals surface area contributed by atoms with Crippen LogP contribution in [0.25, 0.3) is 0 Å². The Morgan fingerprint density at radius 2 is 1.90 bits per heavy atom. The molecule has 0 unspecified atom stereocenters. The van der Waals surface area contributed by atoms with Gasteiger partial charge in [0.05, 0.1) is 5.75 Å². The van der Waals surface area contributed by atoms with Gasteiger partial charge in [0, 0.05) is 22.9 Å². The molecule has 0 fully saturated rings. The minimum absolute atomic E-state index is 0.105. The summed E-state index contributed by atoms with van der Waals surface area (Å²) < 4.78 is 36.4. The molecular formula is C14H19Cl2FO2S. The SMILES string of the molecule is CCS(=O)(=O)CCCC(CCl)(CCl)c1cccc(F)c1. The third kappa shape index (κ3) is 4.61. The van der Waals surface area contributed by atoms with Crippen molar-refractivity contribution in [2.75, 3.05) is 23.3 Å². The number of hydrogen-bond donors (Lipinski definition) is 0. The molecule has 0 atom stereocenters. The third-order valence-corrected chi connectivity index (χ3v) is 6.31. The first kappa shape index (κ1) is 17.7. The topological polar surface area (TPSA) is 34.1 Å². The highest BCUT2D eigenvalue weighted by molar-refractivity contribution is 7.91. The van der Waals surface area contributed by atoms with Gasteiger partial charge in [-0.2, -0.15) is 0 Å². The van der Waals surface area contributed by atoms with Gasteiger partial charge in [0.2, 0.25) is 0 Å². The Morgan fingerprint density at radius 3 is 2.40 bits per heavy atom. The highest BCUT2D eigenvalue weighted by Crippen LogP contribution is 2.33. The second kappa shape index (κ2) is 7.62. The Kier molecular flexibility index (Phi) is 6.76. The molecule has 2 nitrogen and oxygen atoms in total. The van der Waals surface area contributed by atoms with Crippen LogP contribution in [-0.4, -0.2) is 31.7 Å². The Bertz CT molecular complexity index is 528. The Labute approximate surface area is 130 Å². The van der Waals surface area contributed by atoms with Gasteiger partial charge < -0.3 is 0 Å². The normalized spacial score (nSPS) is 12.6. The van der Waals surface area contributed by atoms with E-state index in [-0.39, 0.29) is 29.1 Å². The lowest BCUT2D eigenvalue weighted by Gasteiger charge is -2.30. The van der Waals surface area contributed by atoms with Crippen molar-refractivity contribution in [3.8, 4) is 0 Å². The van der Waals surface area contributed by atoms with Gasteiger partial charge in [0.15, 0.2) is 0 Å². The van der Waals surface area contributed by atoms with E-state index in [1.807, 2.05) is 0 Å². The highest BCUT2D eigenvalue weighted by Gasteiger charge is 2.31. The molecule has 1 aromatic carbocycles. The molecule has 1 aromatic rings. The average Bonchev–Trinajstić information content (AvgIpc) is 2.44. The second-order valence-electron chi connectivity index (χ2n) is 4.90.